The highest BCUT2D eigenvalue weighted by molar-refractivity contribution is 7.88. The number of anilines is 1. The van der Waals surface area contributed by atoms with E-state index in [-0.39, 0.29) is 12.1 Å². The predicted octanol–water partition coefficient (Wildman–Crippen LogP) is 2.18. The van der Waals surface area contributed by atoms with Crippen molar-refractivity contribution >= 4 is 15.7 Å². The van der Waals surface area contributed by atoms with Crippen molar-refractivity contribution < 1.29 is 22.3 Å². The number of halogens is 2. The van der Waals surface area contributed by atoms with Crippen molar-refractivity contribution in [3.8, 4) is 0 Å². The Morgan fingerprint density at radius 2 is 1.64 bits per heavy atom. The molecule has 2 N–H and O–H groups in total. The second kappa shape index (κ2) is 7.90. The fourth-order valence-corrected chi connectivity index (χ4v) is 3.40. The third-order valence-corrected chi connectivity index (χ3v) is 4.89. The standard InChI is InChI=1S/C17H20F2N2O3S/c1-21(2)16-5-3-13(4-6-16)17(22)10-20-25(23,24)11-12-7-14(18)9-15(19)8-12/h3-9,17,20,22H,10-11H2,1-2H3. The van der Waals surface area contributed by atoms with Crippen molar-refractivity contribution in [3.05, 3.63) is 65.2 Å². The molecule has 2 aromatic rings. The summed E-state index contributed by atoms with van der Waals surface area (Å²) < 4.78 is 52.6. The Kier molecular flexibility index (Phi) is 6.10. The van der Waals surface area contributed by atoms with Crippen LogP contribution in [0.25, 0.3) is 0 Å². The number of sulfonamides is 1. The lowest BCUT2D eigenvalue weighted by Gasteiger charge is -2.16. The molecule has 0 amide bonds. The van der Waals surface area contributed by atoms with Crippen LogP contribution in [0, 0.1) is 11.6 Å². The lowest BCUT2D eigenvalue weighted by molar-refractivity contribution is 0.182. The topological polar surface area (TPSA) is 69.6 Å². The molecule has 0 bridgehead atoms. The normalized spacial score (nSPS) is 12.8. The summed E-state index contributed by atoms with van der Waals surface area (Å²) in [5.74, 6) is -2.26. The third kappa shape index (κ3) is 5.77. The van der Waals surface area contributed by atoms with Gasteiger partial charge in [0.25, 0.3) is 0 Å². The summed E-state index contributed by atoms with van der Waals surface area (Å²) in [5.41, 5.74) is 1.50. The summed E-state index contributed by atoms with van der Waals surface area (Å²) in [6, 6.07) is 9.61. The van der Waals surface area contributed by atoms with Gasteiger partial charge in [-0.15, -0.1) is 0 Å². The molecular formula is C17H20F2N2O3S. The van der Waals surface area contributed by atoms with Crippen molar-refractivity contribution in [3.63, 3.8) is 0 Å². The molecule has 2 aromatic carbocycles. The molecular weight excluding hydrogens is 350 g/mol. The number of hydrogen-bond acceptors (Lipinski definition) is 4. The third-order valence-electron chi connectivity index (χ3n) is 3.57. The van der Waals surface area contributed by atoms with Gasteiger partial charge in [0.15, 0.2) is 0 Å². The molecule has 0 radical (unpaired) electrons. The summed E-state index contributed by atoms with van der Waals surface area (Å²) >= 11 is 0. The summed E-state index contributed by atoms with van der Waals surface area (Å²) in [4.78, 5) is 1.90. The first-order valence-corrected chi connectivity index (χ1v) is 9.19. The molecule has 0 fully saturated rings. The fourth-order valence-electron chi connectivity index (χ4n) is 2.28. The molecule has 0 aliphatic rings. The Hall–Kier alpha value is -2.03. The zero-order valence-corrected chi connectivity index (χ0v) is 14.7. The summed E-state index contributed by atoms with van der Waals surface area (Å²) in [7, 11) is -0.0769. The van der Waals surface area contributed by atoms with E-state index in [1.807, 2.05) is 31.1 Å². The van der Waals surface area contributed by atoms with Crippen LogP contribution in [0.3, 0.4) is 0 Å². The lowest BCUT2D eigenvalue weighted by Crippen LogP contribution is -2.29. The average Bonchev–Trinajstić information content (AvgIpc) is 2.51. The van der Waals surface area contributed by atoms with Crippen molar-refractivity contribution in [1.29, 1.82) is 0 Å². The van der Waals surface area contributed by atoms with Gasteiger partial charge in [-0.2, -0.15) is 0 Å². The minimum Gasteiger partial charge on any atom is -0.387 e. The highest BCUT2D eigenvalue weighted by Gasteiger charge is 2.16. The van der Waals surface area contributed by atoms with Crippen molar-refractivity contribution in [2.45, 2.75) is 11.9 Å². The van der Waals surface area contributed by atoms with Gasteiger partial charge in [0, 0.05) is 32.4 Å². The zero-order chi connectivity index (χ0) is 18.6. The quantitative estimate of drug-likeness (QED) is 0.784. The van der Waals surface area contributed by atoms with Crippen LogP contribution in [0.4, 0.5) is 14.5 Å². The average molecular weight is 370 g/mol. The second-order valence-corrected chi connectivity index (χ2v) is 7.69. The van der Waals surface area contributed by atoms with Gasteiger partial charge < -0.3 is 10.0 Å². The van der Waals surface area contributed by atoms with Crippen LogP contribution in [-0.2, 0) is 15.8 Å². The van der Waals surface area contributed by atoms with Gasteiger partial charge in [0.05, 0.1) is 11.9 Å². The largest absolute Gasteiger partial charge is 0.387 e. The van der Waals surface area contributed by atoms with Crippen molar-refractivity contribution in [2.75, 3.05) is 25.5 Å². The monoisotopic (exact) mass is 370 g/mol. The predicted molar refractivity (Wildman–Crippen MR) is 92.7 cm³/mol. The van der Waals surface area contributed by atoms with E-state index in [1.54, 1.807) is 12.1 Å². The smallest absolute Gasteiger partial charge is 0.215 e. The van der Waals surface area contributed by atoms with Crippen molar-refractivity contribution in [1.82, 2.24) is 4.72 Å². The highest BCUT2D eigenvalue weighted by atomic mass is 32.2. The molecule has 0 saturated carbocycles. The molecule has 136 valence electrons. The van der Waals surface area contributed by atoms with E-state index in [4.69, 9.17) is 0 Å². The second-order valence-electron chi connectivity index (χ2n) is 5.89. The minimum atomic E-state index is -3.84. The maximum Gasteiger partial charge on any atom is 0.215 e. The van der Waals surface area contributed by atoms with Crippen LogP contribution in [0.15, 0.2) is 42.5 Å². The van der Waals surface area contributed by atoms with Crippen LogP contribution in [0.2, 0.25) is 0 Å². The van der Waals surface area contributed by atoms with Crippen LogP contribution >= 0.6 is 0 Å². The van der Waals surface area contributed by atoms with E-state index in [2.05, 4.69) is 4.72 Å². The van der Waals surface area contributed by atoms with E-state index < -0.39 is 33.5 Å². The molecule has 0 aliphatic heterocycles. The van der Waals surface area contributed by atoms with E-state index in [9.17, 15) is 22.3 Å². The first-order valence-electron chi connectivity index (χ1n) is 7.54. The van der Waals surface area contributed by atoms with Crippen LogP contribution in [-0.4, -0.2) is 34.2 Å². The number of hydrogen-bond donors (Lipinski definition) is 2. The fraction of sp³-hybridized carbons (Fsp3) is 0.294. The number of aliphatic hydroxyl groups excluding tert-OH is 1. The number of benzene rings is 2. The molecule has 5 nitrogen and oxygen atoms in total. The minimum absolute atomic E-state index is 0.00479. The maximum atomic E-state index is 13.1. The van der Waals surface area contributed by atoms with Gasteiger partial charge in [-0.3, -0.25) is 0 Å². The van der Waals surface area contributed by atoms with Gasteiger partial charge in [-0.1, -0.05) is 12.1 Å². The summed E-state index contributed by atoms with van der Waals surface area (Å²) in [6.45, 7) is -0.235. The Bertz CT molecular complexity index is 804. The van der Waals surface area contributed by atoms with Crippen LogP contribution in [0.5, 0.6) is 0 Å². The first kappa shape index (κ1) is 19.3. The summed E-state index contributed by atoms with van der Waals surface area (Å²) in [5, 5.41) is 10.1. The Labute approximate surface area is 146 Å². The van der Waals surface area contributed by atoms with Gasteiger partial charge in [0.2, 0.25) is 10.0 Å². The Balaban J connectivity index is 1.98. The number of rotatable bonds is 7. The number of nitrogens with zero attached hydrogens (tertiary/aromatic N) is 1. The molecule has 0 heterocycles. The molecule has 0 saturated heterocycles. The molecule has 0 spiro atoms. The molecule has 2 rings (SSSR count). The van der Waals surface area contributed by atoms with Gasteiger partial charge in [-0.25, -0.2) is 21.9 Å². The number of aliphatic hydroxyl groups is 1. The first-order chi connectivity index (χ1) is 11.7. The Morgan fingerprint density at radius 1 is 1.08 bits per heavy atom. The van der Waals surface area contributed by atoms with Crippen LogP contribution in [0.1, 0.15) is 17.2 Å². The van der Waals surface area contributed by atoms with Gasteiger partial charge in [-0.05, 0) is 35.4 Å². The Morgan fingerprint density at radius 3 is 2.16 bits per heavy atom. The van der Waals surface area contributed by atoms with Gasteiger partial charge in [0.1, 0.15) is 11.6 Å². The maximum absolute atomic E-state index is 13.1. The summed E-state index contributed by atoms with van der Waals surface area (Å²) in [6.07, 6.45) is -1.03. The lowest BCUT2D eigenvalue weighted by atomic mass is 10.1. The molecule has 1 atom stereocenters. The van der Waals surface area contributed by atoms with E-state index in [0.717, 1.165) is 17.8 Å². The molecule has 8 heteroatoms. The molecule has 1 unspecified atom stereocenters. The number of nitrogens with one attached hydrogen (secondary N) is 1. The van der Waals surface area contributed by atoms with E-state index in [0.29, 0.717) is 11.6 Å². The molecule has 0 aromatic heterocycles. The van der Waals surface area contributed by atoms with Crippen LogP contribution < -0.4 is 9.62 Å². The van der Waals surface area contributed by atoms with Crippen molar-refractivity contribution in [2.24, 2.45) is 0 Å². The zero-order valence-electron chi connectivity index (χ0n) is 13.9. The van der Waals surface area contributed by atoms with Gasteiger partial charge >= 0.3 is 0 Å². The van der Waals surface area contributed by atoms with E-state index in [1.165, 1.54) is 0 Å². The molecule has 25 heavy (non-hydrogen) atoms. The SMILES string of the molecule is CN(C)c1ccc(C(O)CNS(=O)(=O)Cc2cc(F)cc(F)c2)cc1. The highest BCUT2D eigenvalue weighted by Crippen LogP contribution is 2.18. The molecule has 0 aliphatic carbocycles. The van der Waals surface area contributed by atoms with E-state index >= 15 is 0 Å².